The molecule has 404 valence electrons. The number of ether oxygens (including phenoxy) is 3. The molecule has 4 atom stereocenters. The molecule has 4 unspecified atom stereocenters. The summed E-state index contributed by atoms with van der Waals surface area (Å²) < 4.78 is 136. The Morgan fingerprint density at radius 3 is 1.78 bits per heavy atom. The topological polar surface area (TPSA) is 176 Å². The number of rotatable bonds is 21. The lowest BCUT2D eigenvalue weighted by Crippen LogP contribution is -2.56. The number of nitrogens with zero attached hydrogens (tertiary/aromatic N) is 6. The van der Waals surface area contributed by atoms with Gasteiger partial charge in [-0.25, -0.2) is 22.4 Å². The maximum atomic E-state index is 14.8. The highest BCUT2D eigenvalue weighted by Gasteiger charge is 2.41. The molecule has 1 amide bonds. The summed E-state index contributed by atoms with van der Waals surface area (Å²) in [6.07, 6.45) is 7.67. The molecule has 5 fully saturated rings. The Balaban J connectivity index is 0.869. The molecule has 73 heavy (non-hydrogen) atoms. The smallest absolute Gasteiger partial charge is 0.409 e. The molecule has 0 spiro atoms. The molecule has 16 nitrogen and oxygen atoms in total. The minimum atomic E-state index is -4.12. The van der Waals surface area contributed by atoms with Gasteiger partial charge in [-0.05, 0) is 143 Å². The van der Waals surface area contributed by atoms with Crippen LogP contribution in [-0.4, -0.2) is 150 Å². The van der Waals surface area contributed by atoms with E-state index in [1.54, 1.807) is 36.4 Å². The molecule has 22 heteroatoms. The van der Waals surface area contributed by atoms with Gasteiger partial charge in [0.1, 0.15) is 30.6 Å². The number of halogens is 4. The fourth-order valence-corrected chi connectivity index (χ4v) is 13.3. The number of piperidine rings is 2. The predicted molar refractivity (Wildman–Crippen MR) is 268 cm³/mol. The molecule has 5 aliphatic rings. The summed E-state index contributed by atoms with van der Waals surface area (Å²) in [4.78, 5) is 16.7. The molecular formula is C51H72F4N8O8S2. The van der Waals surface area contributed by atoms with Crippen molar-refractivity contribution in [1.29, 1.82) is 0 Å². The van der Waals surface area contributed by atoms with Crippen LogP contribution >= 0.6 is 0 Å². The van der Waals surface area contributed by atoms with Crippen LogP contribution in [0.3, 0.4) is 0 Å². The molecule has 3 saturated carbocycles. The number of aromatic nitrogens is 2. The Kier molecular flexibility index (Phi) is 18.7. The first-order chi connectivity index (χ1) is 35.0. The van der Waals surface area contributed by atoms with Crippen LogP contribution in [0, 0.1) is 23.5 Å². The second-order valence-corrected chi connectivity index (χ2v) is 24.5. The highest BCUT2D eigenvalue weighted by atomic mass is 32.2. The zero-order valence-electron chi connectivity index (χ0n) is 41.9. The number of amides is 1. The minimum Gasteiger partial charge on any atom is -0.446 e. The summed E-state index contributed by atoms with van der Waals surface area (Å²) in [5.74, 6) is -0.307. The van der Waals surface area contributed by atoms with Gasteiger partial charge in [-0.1, -0.05) is 24.3 Å². The molecule has 2 saturated heterocycles. The van der Waals surface area contributed by atoms with E-state index in [1.807, 2.05) is 17.0 Å². The third kappa shape index (κ3) is 14.9. The predicted octanol–water partition coefficient (Wildman–Crippen LogP) is 7.16. The van der Waals surface area contributed by atoms with Crippen molar-refractivity contribution in [1.82, 2.24) is 33.2 Å². The van der Waals surface area contributed by atoms with Crippen LogP contribution in [0.2, 0.25) is 0 Å². The van der Waals surface area contributed by atoms with Crippen molar-refractivity contribution in [2.45, 2.75) is 132 Å². The standard InChI is InChI=1S/C51H72F4N8O8S2/c1-60(27-24-52)72(65,66)58-47-20-25-62(30-40(47)33-69-45-15-10-36(11-16-45)38-6-3-8-42(53)28-38)49-19-14-44(56-57-49)32-61(2)73(67,68)59-48-21-26-63(50(64)71-35-51(55)22-5-23-51)31-41(48)34-70-46-17-12-37(13-18-46)39-7-4-9-43(54)29-39/h3-4,6-9,14,19,28-29,36-37,40-41,45-48,58-59H,5,10-13,15-18,20-27,30-35H2,1-2H3. The number of nitrogens with one attached hydrogen (secondary N) is 2. The van der Waals surface area contributed by atoms with Crippen LogP contribution in [0.5, 0.6) is 0 Å². The minimum absolute atomic E-state index is 0.0533. The zero-order valence-corrected chi connectivity index (χ0v) is 43.6. The van der Waals surface area contributed by atoms with Gasteiger partial charge in [0.05, 0.1) is 37.7 Å². The Bertz CT molecular complexity index is 2500. The second kappa shape index (κ2) is 24.8. The quantitative estimate of drug-likeness (QED) is 0.104. The number of likely N-dealkylation sites (tertiary alicyclic amines) is 1. The van der Waals surface area contributed by atoms with Gasteiger partial charge in [0, 0.05) is 70.7 Å². The number of benzene rings is 2. The van der Waals surface area contributed by atoms with Gasteiger partial charge in [0.25, 0.3) is 20.4 Å². The number of alkyl halides is 2. The van der Waals surface area contributed by atoms with E-state index < -0.39 is 56.9 Å². The summed E-state index contributed by atoms with van der Waals surface area (Å²) in [5.41, 5.74) is 0.816. The first-order valence-electron chi connectivity index (χ1n) is 25.9. The van der Waals surface area contributed by atoms with Crippen molar-refractivity contribution < 1.29 is 53.4 Å². The van der Waals surface area contributed by atoms with Gasteiger partial charge in [-0.3, -0.25) is 0 Å². The SMILES string of the molecule is CN(CCF)S(=O)(=O)NC1CCN(c2ccc(CN(C)S(=O)(=O)NC3CCN(C(=O)OCC4(F)CCC4)CC3COC3CCC(c4cccc(F)c4)CC3)nn2)CC1COC1CCC(c2cccc(F)c2)CC1. The lowest BCUT2D eigenvalue weighted by Gasteiger charge is -2.40. The molecule has 3 aromatic rings. The average molecular weight is 1070 g/mol. The third-order valence-corrected chi connectivity index (χ3v) is 18.9. The lowest BCUT2D eigenvalue weighted by atomic mass is 9.82. The maximum absolute atomic E-state index is 14.8. The summed E-state index contributed by atoms with van der Waals surface area (Å²) in [6, 6.07) is 15.7. The average Bonchev–Trinajstić information content (AvgIpc) is 3.37. The molecule has 3 heterocycles. The highest BCUT2D eigenvalue weighted by molar-refractivity contribution is 7.87. The molecule has 0 bridgehead atoms. The van der Waals surface area contributed by atoms with Crippen LogP contribution in [0.15, 0.2) is 60.7 Å². The van der Waals surface area contributed by atoms with E-state index in [0.29, 0.717) is 43.9 Å². The Hall–Kier alpha value is -4.03. The van der Waals surface area contributed by atoms with Crippen LogP contribution in [-0.2, 0) is 41.2 Å². The van der Waals surface area contributed by atoms with Crippen molar-refractivity contribution in [3.05, 3.63) is 89.1 Å². The number of hydrogen-bond donors (Lipinski definition) is 2. The van der Waals surface area contributed by atoms with Crippen molar-refractivity contribution in [3.63, 3.8) is 0 Å². The number of carbonyl (C=O) groups is 1. The van der Waals surface area contributed by atoms with Crippen LogP contribution < -0.4 is 14.3 Å². The first kappa shape index (κ1) is 55.2. The van der Waals surface area contributed by atoms with Gasteiger partial charge in [0.2, 0.25) is 0 Å². The van der Waals surface area contributed by atoms with E-state index in [0.717, 1.165) is 77.5 Å². The van der Waals surface area contributed by atoms with Crippen LogP contribution in [0.4, 0.5) is 28.2 Å². The zero-order chi connectivity index (χ0) is 51.8. The first-order valence-corrected chi connectivity index (χ1v) is 28.8. The molecule has 2 N–H and O–H groups in total. The van der Waals surface area contributed by atoms with Gasteiger partial charge in [0.15, 0.2) is 5.82 Å². The Labute approximate surface area is 428 Å². The highest BCUT2D eigenvalue weighted by Crippen LogP contribution is 2.38. The largest absolute Gasteiger partial charge is 0.446 e. The van der Waals surface area contributed by atoms with Crippen LogP contribution in [0.1, 0.15) is 112 Å². The van der Waals surface area contributed by atoms with Crippen molar-refractivity contribution >= 4 is 32.3 Å². The molecule has 3 aliphatic carbocycles. The summed E-state index contributed by atoms with van der Waals surface area (Å²) in [5, 5.41) is 8.88. The number of hydrogen-bond acceptors (Lipinski definition) is 11. The molecule has 1 aromatic heterocycles. The summed E-state index contributed by atoms with van der Waals surface area (Å²) in [7, 11) is -5.34. The Morgan fingerprint density at radius 2 is 1.27 bits per heavy atom. The van der Waals surface area contributed by atoms with E-state index in [9.17, 15) is 39.2 Å². The van der Waals surface area contributed by atoms with E-state index >= 15 is 0 Å². The molecule has 2 aliphatic heterocycles. The second-order valence-electron chi connectivity index (χ2n) is 20.9. The number of carbonyl (C=O) groups excluding carboxylic acids is 1. The van der Waals surface area contributed by atoms with Gasteiger partial charge in [-0.15, -0.1) is 5.10 Å². The molecule has 2 aromatic carbocycles. The lowest BCUT2D eigenvalue weighted by molar-refractivity contribution is -0.0323. The van der Waals surface area contributed by atoms with Crippen LogP contribution in [0.25, 0.3) is 0 Å². The van der Waals surface area contributed by atoms with E-state index in [4.69, 9.17) is 14.2 Å². The molecule has 0 radical (unpaired) electrons. The maximum Gasteiger partial charge on any atom is 0.409 e. The Morgan fingerprint density at radius 1 is 0.726 bits per heavy atom. The summed E-state index contributed by atoms with van der Waals surface area (Å²) >= 11 is 0. The normalized spacial score (nSPS) is 27.0. The summed E-state index contributed by atoms with van der Waals surface area (Å²) in [6.45, 7) is 0.0367. The van der Waals surface area contributed by atoms with Crippen molar-refractivity contribution in [2.75, 3.05) is 78.2 Å². The van der Waals surface area contributed by atoms with Gasteiger partial charge < -0.3 is 24.0 Å². The molecule has 8 rings (SSSR count). The van der Waals surface area contributed by atoms with Crippen molar-refractivity contribution in [2.24, 2.45) is 11.8 Å². The van der Waals surface area contributed by atoms with E-state index in [-0.39, 0.29) is 94.0 Å². The van der Waals surface area contributed by atoms with Gasteiger partial charge in [-0.2, -0.15) is 40.0 Å². The third-order valence-electron chi connectivity index (χ3n) is 15.7. The van der Waals surface area contributed by atoms with Crippen molar-refractivity contribution in [3.8, 4) is 0 Å². The fourth-order valence-electron chi connectivity index (χ4n) is 11.0. The number of anilines is 1. The fraction of sp³-hybridized carbons (Fsp3) is 0.667. The monoisotopic (exact) mass is 1060 g/mol. The van der Waals surface area contributed by atoms with E-state index in [1.165, 1.54) is 31.1 Å². The molecular weight excluding hydrogens is 993 g/mol. The van der Waals surface area contributed by atoms with Gasteiger partial charge >= 0.3 is 6.09 Å². The van der Waals surface area contributed by atoms with E-state index in [2.05, 4.69) is 19.6 Å².